The van der Waals surface area contributed by atoms with E-state index in [2.05, 4.69) is 29.1 Å². The summed E-state index contributed by atoms with van der Waals surface area (Å²) < 4.78 is 4.96. The summed E-state index contributed by atoms with van der Waals surface area (Å²) in [7, 11) is 0. The molecule has 0 radical (unpaired) electrons. The predicted octanol–water partition coefficient (Wildman–Crippen LogP) is 2.49. The van der Waals surface area contributed by atoms with Crippen molar-refractivity contribution in [1.82, 2.24) is 15.3 Å². The van der Waals surface area contributed by atoms with Crippen LogP contribution in [0.15, 0.2) is 22.8 Å². The maximum atomic E-state index is 11.7. The van der Waals surface area contributed by atoms with Gasteiger partial charge in [-0.05, 0) is 23.8 Å². The van der Waals surface area contributed by atoms with Crippen LogP contribution in [0.1, 0.15) is 20.3 Å². The first kappa shape index (κ1) is 17.7. The van der Waals surface area contributed by atoms with E-state index < -0.39 is 5.97 Å². The van der Waals surface area contributed by atoms with Crippen molar-refractivity contribution in [2.24, 2.45) is 5.92 Å². The molecule has 1 N–H and O–H groups in total. The van der Waals surface area contributed by atoms with Gasteiger partial charge in [-0.25, -0.2) is 9.97 Å². The highest BCUT2D eigenvalue weighted by Crippen LogP contribution is 2.27. The summed E-state index contributed by atoms with van der Waals surface area (Å²) in [6.07, 6.45) is 2.38. The molecule has 0 saturated carbocycles. The van der Waals surface area contributed by atoms with Gasteiger partial charge in [0.15, 0.2) is 6.61 Å². The molecule has 2 aromatic heterocycles. The Hall–Kier alpha value is -1.67. The van der Waals surface area contributed by atoms with Crippen molar-refractivity contribution in [3.8, 4) is 0 Å². The molecule has 0 fully saturated rings. The fourth-order valence-corrected chi connectivity index (χ4v) is 3.33. The van der Waals surface area contributed by atoms with Crippen LogP contribution >= 0.6 is 23.1 Å². The van der Waals surface area contributed by atoms with Gasteiger partial charge in [-0.2, -0.15) is 0 Å². The van der Waals surface area contributed by atoms with Gasteiger partial charge in [0, 0.05) is 11.9 Å². The largest absolute Gasteiger partial charge is 0.455 e. The normalized spacial score (nSPS) is 10.9. The smallest absolute Gasteiger partial charge is 0.316 e. The van der Waals surface area contributed by atoms with E-state index in [-0.39, 0.29) is 18.3 Å². The first-order chi connectivity index (χ1) is 11.1. The van der Waals surface area contributed by atoms with E-state index >= 15 is 0 Å². The van der Waals surface area contributed by atoms with Crippen molar-refractivity contribution in [3.63, 3.8) is 0 Å². The van der Waals surface area contributed by atoms with E-state index in [0.717, 1.165) is 21.7 Å². The van der Waals surface area contributed by atoms with E-state index in [0.29, 0.717) is 12.5 Å². The first-order valence-corrected chi connectivity index (χ1v) is 9.16. The highest BCUT2D eigenvalue weighted by Gasteiger charge is 2.11. The van der Waals surface area contributed by atoms with Crippen LogP contribution in [0.3, 0.4) is 0 Å². The number of carbonyl (C=O) groups excluding carboxylic acids is 2. The summed E-state index contributed by atoms with van der Waals surface area (Å²) in [4.78, 5) is 32.5. The lowest BCUT2D eigenvalue weighted by Gasteiger charge is -2.08. The number of amides is 1. The van der Waals surface area contributed by atoms with Crippen LogP contribution in [0.25, 0.3) is 10.2 Å². The maximum Gasteiger partial charge on any atom is 0.316 e. The second kappa shape index (κ2) is 8.83. The van der Waals surface area contributed by atoms with Crippen molar-refractivity contribution >= 4 is 45.2 Å². The van der Waals surface area contributed by atoms with E-state index in [4.69, 9.17) is 4.74 Å². The number of esters is 1. The lowest BCUT2D eigenvalue weighted by Crippen LogP contribution is -2.30. The fraction of sp³-hybridized carbons (Fsp3) is 0.467. The summed E-state index contributed by atoms with van der Waals surface area (Å²) >= 11 is 2.81. The van der Waals surface area contributed by atoms with Crippen molar-refractivity contribution < 1.29 is 14.3 Å². The second-order valence-electron chi connectivity index (χ2n) is 5.30. The molecule has 0 spiro atoms. The lowest BCUT2D eigenvalue weighted by atomic mass is 10.1. The molecule has 2 aromatic rings. The number of fused-ring (bicyclic) bond motifs is 1. The molecule has 23 heavy (non-hydrogen) atoms. The Morgan fingerprint density at radius 3 is 3.00 bits per heavy atom. The van der Waals surface area contributed by atoms with Crippen LogP contribution in [0.2, 0.25) is 0 Å². The van der Waals surface area contributed by atoms with Crippen molar-refractivity contribution in [2.75, 3.05) is 18.9 Å². The molecular weight excluding hydrogens is 334 g/mol. The van der Waals surface area contributed by atoms with Crippen LogP contribution in [-0.4, -0.2) is 40.7 Å². The van der Waals surface area contributed by atoms with Gasteiger partial charge >= 0.3 is 5.97 Å². The third-order valence-corrected chi connectivity index (χ3v) is 4.76. The topological polar surface area (TPSA) is 81.2 Å². The summed E-state index contributed by atoms with van der Waals surface area (Å²) in [5.74, 6) is -0.0698. The Labute approximate surface area is 143 Å². The quantitative estimate of drug-likeness (QED) is 0.446. The van der Waals surface area contributed by atoms with Gasteiger partial charge < -0.3 is 10.1 Å². The number of thiophene rings is 1. The third kappa shape index (κ3) is 5.80. The molecule has 0 atom stereocenters. The molecule has 0 unspecified atom stereocenters. The number of carbonyl (C=O) groups is 2. The molecule has 0 bridgehead atoms. The zero-order valence-corrected chi connectivity index (χ0v) is 14.7. The lowest BCUT2D eigenvalue weighted by molar-refractivity contribution is -0.145. The van der Waals surface area contributed by atoms with Gasteiger partial charge in [0.25, 0.3) is 5.91 Å². The van der Waals surface area contributed by atoms with Crippen LogP contribution in [0.4, 0.5) is 0 Å². The summed E-state index contributed by atoms with van der Waals surface area (Å²) in [6.45, 7) is 4.52. The van der Waals surface area contributed by atoms with E-state index in [1.165, 1.54) is 29.4 Å². The average Bonchev–Trinajstić information content (AvgIpc) is 2.99. The molecule has 2 rings (SSSR count). The number of ether oxygens (including phenoxy) is 1. The van der Waals surface area contributed by atoms with Crippen LogP contribution in [-0.2, 0) is 14.3 Å². The molecule has 0 aliphatic heterocycles. The Morgan fingerprint density at radius 1 is 1.39 bits per heavy atom. The minimum absolute atomic E-state index is 0.112. The van der Waals surface area contributed by atoms with Gasteiger partial charge in [-0.3, -0.25) is 9.59 Å². The summed E-state index contributed by atoms with van der Waals surface area (Å²) in [5.41, 5.74) is 0. The van der Waals surface area contributed by atoms with Gasteiger partial charge in [0.2, 0.25) is 0 Å². The number of hydrogen-bond acceptors (Lipinski definition) is 7. The van der Waals surface area contributed by atoms with Gasteiger partial charge in [0.1, 0.15) is 16.2 Å². The Kier molecular flexibility index (Phi) is 6.79. The fourth-order valence-electron chi connectivity index (χ4n) is 1.75. The highest BCUT2D eigenvalue weighted by molar-refractivity contribution is 8.00. The summed E-state index contributed by atoms with van der Waals surface area (Å²) in [5, 5.41) is 6.33. The minimum Gasteiger partial charge on any atom is -0.455 e. The Balaban J connectivity index is 1.71. The average molecular weight is 353 g/mol. The SMILES string of the molecule is CC(C)CCNC(=O)COC(=O)CSc1ncnc2sccc12. The summed E-state index contributed by atoms with van der Waals surface area (Å²) in [6, 6.07) is 1.93. The zero-order chi connectivity index (χ0) is 16.7. The maximum absolute atomic E-state index is 11.7. The standard InChI is InChI=1S/C15H19N3O3S2/c1-10(2)3-5-16-12(19)7-21-13(20)8-23-15-11-4-6-22-14(11)17-9-18-15/h4,6,9-10H,3,5,7-8H2,1-2H3,(H,16,19). The van der Waals surface area contributed by atoms with E-state index in [1.807, 2.05) is 11.4 Å². The third-order valence-electron chi connectivity index (χ3n) is 2.96. The zero-order valence-electron chi connectivity index (χ0n) is 13.1. The van der Waals surface area contributed by atoms with Crippen LogP contribution in [0.5, 0.6) is 0 Å². The molecule has 0 aliphatic carbocycles. The van der Waals surface area contributed by atoms with Crippen molar-refractivity contribution in [3.05, 3.63) is 17.8 Å². The monoisotopic (exact) mass is 353 g/mol. The molecule has 2 heterocycles. The van der Waals surface area contributed by atoms with Gasteiger partial charge in [-0.15, -0.1) is 11.3 Å². The van der Waals surface area contributed by atoms with Crippen LogP contribution < -0.4 is 5.32 Å². The molecule has 0 saturated heterocycles. The van der Waals surface area contributed by atoms with Crippen molar-refractivity contribution in [1.29, 1.82) is 0 Å². The molecule has 0 aliphatic rings. The highest BCUT2D eigenvalue weighted by atomic mass is 32.2. The predicted molar refractivity (Wildman–Crippen MR) is 91.6 cm³/mol. The molecule has 6 nitrogen and oxygen atoms in total. The second-order valence-corrected chi connectivity index (χ2v) is 7.16. The van der Waals surface area contributed by atoms with Crippen LogP contribution in [0, 0.1) is 5.92 Å². The number of nitrogens with one attached hydrogen (secondary N) is 1. The number of hydrogen-bond donors (Lipinski definition) is 1. The van der Waals surface area contributed by atoms with Gasteiger partial charge in [-0.1, -0.05) is 25.6 Å². The molecule has 124 valence electrons. The molecule has 8 heteroatoms. The first-order valence-electron chi connectivity index (χ1n) is 7.29. The number of thioether (sulfide) groups is 1. The van der Waals surface area contributed by atoms with E-state index in [9.17, 15) is 9.59 Å². The number of aromatic nitrogens is 2. The Morgan fingerprint density at radius 2 is 2.22 bits per heavy atom. The van der Waals surface area contributed by atoms with Crippen molar-refractivity contribution in [2.45, 2.75) is 25.3 Å². The van der Waals surface area contributed by atoms with E-state index in [1.54, 1.807) is 0 Å². The molecule has 0 aromatic carbocycles. The number of rotatable bonds is 8. The Bertz CT molecular complexity index is 673. The van der Waals surface area contributed by atoms with Gasteiger partial charge in [0.05, 0.1) is 5.75 Å². The number of nitrogens with zero attached hydrogens (tertiary/aromatic N) is 2. The molecule has 1 amide bonds. The minimum atomic E-state index is -0.434. The molecular formula is C15H19N3O3S2.